The smallest absolute Gasteiger partial charge is 0.0524 e. The normalized spacial score (nSPS) is 12.8. The van der Waals surface area contributed by atoms with Crippen LogP contribution in [0, 0.1) is 111 Å². The van der Waals surface area contributed by atoms with Crippen molar-refractivity contribution in [1.82, 2.24) is 9.13 Å². The predicted octanol–water partition coefficient (Wildman–Crippen LogP) is 13.1. The summed E-state index contributed by atoms with van der Waals surface area (Å²) in [7, 11) is 4.61. The summed E-state index contributed by atoms with van der Waals surface area (Å²) in [5, 5.41) is 5.75. The minimum absolute atomic E-state index is 1.03. The molecule has 0 bridgehead atoms. The van der Waals surface area contributed by atoms with Crippen molar-refractivity contribution in [2.45, 2.75) is 117 Å². The molecule has 2 heterocycles. The van der Waals surface area contributed by atoms with Crippen molar-refractivity contribution in [3.05, 3.63) is 100 Å². The Kier molecular flexibility index (Phi) is 7.05. The highest BCUT2D eigenvalue weighted by Crippen LogP contribution is 2.53. The van der Waals surface area contributed by atoms with Gasteiger partial charge in [-0.25, -0.2) is 0 Å². The molecule has 0 amide bonds. The van der Waals surface area contributed by atoms with Crippen LogP contribution >= 0.6 is 0 Å². The maximum absolute atomic E-state index is 2.54. The van der Waals surface area contributed by atoms with Gasteiger partial charge in [0.2, 0.25) is 0 Å². The molecule has 0 unspecified atom stereocenters. The van der Waals surface area contributed by atoms with Gasteiger partial charge in [0.25, 0.3) is 0 Å². The maximum atomic E-state index is 2.54. The number of benzene rings is 5. The van der Waals surface area contributed by atoms with E-state index in [4.69, 9.17) is 0 Å². The molecule has 7 aromatic rings. The summed E-state index contributed by atoms with van der Waals surface area (Å²) in [6.07, 6.45) is 1.03. The first-order chi connectivity index (χ1) is 23.9. The van der Waals surface area contributed by atoms with Crippen molar-refractivity contribution < 1.29 is 0 Å². The monoisotopic (exact) mass is 672 g/mol. The molecule has 5 aromatic carbocycles. The van der Waals surface area contributed by atoms with Crippen LogP contribution in [0.4, 0.5) is 0 Å². The minimum Gasteiger partial charge on any atom is -0.343 e. The van der Waals surface area contributed by atoms with Crippen LogP contribution in [0.15, 0.2) is 0 Å². The first-order valence-electron chi connectivity index (χ1n) is 19.0. The minimum atomic E-state index is 1.03. The fraction of sp³-hybridized carbons (Fsp3) is 0.388. The van der Waals surface area contributed by atoms with Gasteiger partial charge in [-0.2, -0.15) is 0 Å². The lowest BCUT2D eigenvalue weighted by Gasteiger charge is -2.22. The Labute approximate surface area is 305 Å². The Hall–Kier alpha value is -4.30. The fourth-order valence-electron chi connectivity index (χ4n) is 11.2. The average molecular weight is 673 g/mol. The van der Waals surface area contributed by atoms with Gasteiger partial charge >= 0.3 is 0 Å². The van der Waals surface area contributed by atoms with Gasteiger partial charge in [0.1, 0.15) is 0 Å². The molecule has 2 aromatic heterocycles. The summed E-state index contributed by atoms with van der Waals surface area (Å²) < 4.78 is 5.04. The van der Waals surface area contributed by atoms with Crippen molar-refractivity contribution in [1.29, 1.82) is 0 Å². The SMILES string of the molecule is Cc1c(C)c(C)c2c(c1C)Cc1c-2c(C)c2c3c(C)c(-c4c(C)c(C)c5c(c4C)c4c(C)c(C)c(C)c(C)c4n5C)c(C)c(C)c3n(C)c2c1C. The van der Waals surface area contributed by atoms with Gasteiger partial charge in [-0.15, -0.1) is 0 Å². The lowest BCUT2D eigenvalue weighted by Crippen LogP contribution is -2.02. The highest BCUT2D eigenvalue weighted by molar-refractivity contribution is 6.20. The molecular weight excluding hydrogens is 617 g/mol. The highest BCUT2D eigenvalue weighted by atomic mass is 15.0. The average Bonchev–Trinajstić information content (AvgIpc) is 3.75. The number of aromatic nitrogens is 2. The number of rotatable bonds is 1. The maximum Gasteiger partial charge on any atom is 0.0524 e. The molecule has 0 saturated carbocycles. The Balaban J connectivity index is 1.56. The standard InChI is InChI=1S/C49H56N2/c1-20-21(2)25(6)40-36(24(20)5)19-37-32(13)49-45(35(16)41(37)40)44-34(15)39(28(9)31(12)48(44)51(49)18)38-27(8)30(11)47-43(33(38)14)42-26(7)22(3)23(4)29(10)46(42)50(47)17/h19H2,1-18H3. The van der Waals surface area contributed by atoms with Crippen LogP contribution in [-0.4, -0.2) is 9.13 Å². The van der Waals surface area contributed by atoms with E-state index in [0.29, 0.717) is 0 Å². The van der Waals surface area contributed by atoms with Gasteiger partial charge in [-0.3, -0.25) is 0 Å². The lowest BCUT2D eigenvalue weighted by molar-refractivity contribution is 0.994. The zero-order chi connectivity index (χ0) is 37.2. The van der Waals surface area contributed by atoms with E-state index in [2.05, 4.69) is 134 Å². The number of nitrogens with zero attached hydrogens (tertiary/aromatic N) is 2. The van der Waals surface area contributed by atoms with Crippen molar-refractivity contribution in [3.63, 3.8) is 0 Å². The summed E-state index contributed by atoms with van der Waals surface area (Å²) in [5.41, 5.74) is 37.3. The van der Waals surface area contributed by atoms with Crippen LogP contribution in [0.3, 0.4) is 0 Å². The molecule has 2 nitrogen and oxygen atoms in total. The Bertz CT molecular complexity index is 2820. The second-order valence-electron chi connectivity index (χ2n) is 16.6. The van der Waals surface area contributed by atoms with Crippen LogP contribution in [0.1, 0.15) is 100 Å². The van der Waals surface area contributed by atoms with E-state index in [1.54, 1.807) is 5.56 Å². The second-order valence-corrected chi connectivity index (χ2v) is 16.6. The first-order valence-corrected chi connectivity index (χ1v) is 19.0. The number of aryl methyl sites for hydroxylation is 10. The van der Waals surface area contributed by atoms with Crippen LogP contribution < -0.4 is 0 Å². The quantitative estimate of drug-likeness (QED) is 0.164. The molecule has 0 fully saturated rings. The summed E-state index contributed by atoms with van der Waals surface area (Å²) in [5.74, 6) is 0. The van der Waals surface area contributed by atoms with Gasteiger partial charge in [0.15, 0.2) is 0 Å². The molecule has 1 aliphatic rings. The highest BCUT2D eigenvalue weighted by Gasteiger charge is 2.33. The third-order valence-electron chi connectivity index (χ3n) is 14.8. The molecule has 0 N–H and O–H groups in total. The molecular formula is C49H56N2. The molecule has 2 heteroatoms. The van der Waals surface area contributed by atoms with E-state index in [1.807, 2.05) is 0 Å². The zero-order valence-corrected chi connectivity index (χ0v) is 34.6. The molecule has 262 valence electrons. The summed E-state index contributed by atoms with van der Waals surface area (Å²) in [6.45, 7) is 37.7. The van der Waals surface area contributed by atoms with E-state index in [-0.39, 0.29) is 0 Å². The largest absolute Gasteiger partial charge is 0.343 e. The lowest BCUT2D eigenvalue weighted by atomic mass is 9.81. The van der Waals surface area contributed by atoms with E-state index in [9.17, 15) is 0 Å². The topological polar surface area (TPSA) is 9.86 Å². The number of fused-ring (bicyclic) bond motifs is 9. The number of hydrogen-bond acceptors (Lipinski definition) is 0. The van der Waals surface area contributed by atoms with Crippen LogP contribution in [-0.2, 0) is 20.5 Å². The molecule has 0 radical (unpaired) electrons. The van der Waals surface area contributed by atoms with Gasteiger partial charge < -0.3 is 9.13 Å². The number of hydrogen-bond donors (Lipinski definition) is 0. The van der Waals surface area contributed by atoms with Crippen molar-refractivity contribution in [2.24, 2.45) is 14.1 Å². The van der Waals surface area contributed by atoms with Crippen molar-refractivity contribution >= 4 is 43.6 Å². The van der Waals surface area contributed by atoms with Crippen LogP contribution in [0.25, 0.3) is 65.9 Å². The third-order valence-corrected chi connectivity index (χ3v) is 14.8. The predicted molar refractivity (Wildman–Crippen MR) is 224 cm³/mol. The molecule has 0 aliphatic heterocycles. The van der Waals surface area contributed by atoms with Gasteiger partial charge in [-0.1, -0.05) is 0 Å². The van der Waals surface area contributed by atoms with E-state index in [0.717, 1.165) is 6.42 Å². The van der Waals surface area contributed by atoms with Gasteiger partial charge in [0.05, 0.1) is 22.1 Å². The van der Waals surface area contributed by atoms with E-state index in [1.165, 1.54) is 160 Å². The van der Waals surface area contributed by atoms with Crippen molar-refractivity contribution in [2.75, 3.05) is 0 Å². The summed E-state index contributed by atoms with van der Waals surface area (Å²) in [4.78, 5) is 0. The summed E-state index contributed by atoms with van der Waals surface area (Å²) >= 11 is 0. The summed E-state index contributed by atoms with van der Waals surface area (Å²) in [6, 6.07) is 0. The first kappa shape index (κ1) is 33.8. The Morgan fingerprint density at radius 3 is 1.00 bits per heavy atom. The van der Waals surface area contributed by atoms with Crippen molar-refractivity contribution in [3.8, 4) is 22.3 Å². The molecule has 8 rings (SSSR count). The molecule has 1 aliphatic carbocycles. The molecule has 0 saturated heterocycles. The third kappa shape index (κ3) is 3.79. The zero-order valence-electron chi connectivity index (χ0n) is 34.6. The molecule has 0 atom stereocenters. The molecule has 51 heavy (non-hydrogen) atoms. The molecule has 0 spiro atoms. The Morgan fingerprint density at radius 2 is 0.529 bits per heavy atom. The van der Waals surface area contributed by atoms with E-state index < -0.39 is 0 Å². The van der Waals surface area contributed by atoms with Crippen LogP contribution in [0.5, 0.6) is 0 Å². The second kappa shape index (κ2) is 10.6. The van der Waals surface area contributed by atoms with Gasteiger partial charge in [-0.05, 0) is 240 Å². The fourth-order valence-corrected chi connectivity index (χ4v) is 11.2. The van der Waals surface area contributed by atoms with Crippen LogP contribution in [0.2, 0.25) is 0 Å². The van der Waals surface area contributed by atoms with Gasteiger partial charge in [0, 0.05) is 35.6 Å². The van der Waals surface area contributed by atoms with E-state index >= 15 is 0 Å². The Morgan fingerprint density at radius 1 is 0.255 bits per heavy atom.